The van der Waals surface area contributed by atoms with Gasteiger partial charge in [0.1, 0.15) is 5.58 Å². The minimum absolute atomic E-state index is 0.0945. The van der Waals surface area contributed by atoms with Crippen LogP contribution in [0.25, 0.3) is 160 Å². The predicted octanol–water partition coefficient (Wildman–Crippen LogP) is 27.9. The Morgan fingerprint density at radius 2 is 0.667 bits per heavy atom. The Hall–Kier alpha value is -14.4. The molecule has 6 heterocycles. The Balaban J connectivity index is 0.906. The molecule has 0 atom stereocenters. The fourth-order valence-corrected chi connectivity index (χ4v) is 18.4. The van der Waals surface area contributed by atoms with Crippen LogP contribution in [0, 0.1) is 0 Å². The van der Waals surface area contributed by atoms with Crippen molar-refractivity contribution >= 4 is 145 Å². The van der Waals surface area contributed by atoms with Crippen LogP contribution < -0.4 is 26.2 Å². The quantitative estimate of drug-likeness (QED) is 0.128. The Morgan fingerprint density at radius 1 is 0.256 bits per heavy atom. The number of hydrogen-bond donors (Lipinski definition) is 0. The summed E-state index contributed by atoms with van der Waals surface area (Å²) in [6, 6.07) is 86.7. The SMILES string of the molecule is [2H]c1c([2H])c([2H])c2c(c1[2H])c1c([2H])c([2H])c([2H])c([2H])c1n2-c1ccc2c(c1)N(c1ccc(-c3ccccc3)cc1-c1ccccc1)c1cc(-n3c4c([2H])c([2H])c([2H])c([2H])c4c4c([2H])c([2H])c([2H])c([2H])c43)cc3c1B2c1ccc(-n2c4ccc(C(C)(C)C)cc4c4cc(C(C)(C)C)ccc42)cc1N3c1cccc2c1oc1c(-c3cc(-c4ccccc4)cc(-c4ccccc4)c3)cccc12. The molecule has 554 valence electrons. The van der Waals surface area contributed by atoms with E-state index < -0.39 is 103 Å². The summed E-state index contributed by atoms with van der Waals surface area (Å²) in [6.07, 6.45) is 0. The molecule has 21 aromatic rings. The minimum atomic E-state index is -0.831. The number of benzene rings is 17. The zero-order valence-corrected chi connectivity index (χ0v) is 64.8. The smallest absolute Gasteiger partial charge is 0.252 e. The highest BCUT2D eigenvalue weighted by molar-refractivity contribution is 7.00. The van der Waals surface area contributed by atoms with Gasteiger partial charge in [-0.05, 0) is 204 Å². The van der Waals surface area contributed by atoms with Gasteiger partial charge in [-0.2, -0.15) is 0 Å². The van der Waals surface area contributed by atoms with Gasteiger partial charge >= 0.3 is 0 Å². The maximum absolute atomic E-state index is 10.3. The van der Waals surface area contributed by atoms with Crippen LogP contribution >= 0.6 is 0 Å². The first-order valence-corrected chi connectivity index (χ1v) is 39.6. The lowest BCUT2D eigenvalue weighted by Crippen LogP contribution is -2.61. The van der Waals surface area contributed by atoms with Crippen LogP contribution in [0.1, 0.15) is 74.6 Å². The van der Waals surface area contributed by atoms with E-state index in [0.29, 0.717) is 56.2 Å². The molecule has 0 saturated carbocycles. The monoisotopic (exact) mass is 1510 g/mol. The average molecular weight is 1510 g/mol. The summed E-state index contributed by atoms with van der Waals surface area (Å²) < 4.78 is 168. The van der Waals surface area contributed by atoms with Gasteiger partial charge in [-0.15, -0.1) is 0 Å². The highest BCUT2D eigenvalue weighted by Gasteiger charge is 2.46. The van der Waals surface area contributed by atoms with Gasteiger partial charge in [0.2, 0.25) is 0 Å². The van der Waals surface area contributed by atoms with Crippen molar-refractivity contribution in [1.82, 2.24) is 13.7 Å². The first kappa shape index (κ1) is 53.6. The Bertz CT molecular complexity index is 8410. The van der Waals surface area contributed by atoms with Crippen LogP contribution in [0.4, 0.5) is 34.1 Å². The zero-order valence-electron chi connectivity index (χ0n) is 80.8. The largest absolute Gasteiger partial charge is 0.453 e. The van der Waals surface area contributed by atoms with Crippen LogP contribution in [0.2, 0.25) is 0 Å². The molecule has 17 aromatic carbocycles. The number of para-hydroxylation sites is 6. The molecule has 0 bridgehead atoms. The van der Waals surface area contributed by atoms with Crippen molar-refractivity contribution < 1.29 is 26.3 Å². The normalized spacial score (nSPS) is 14.7. The molecule has 0 spiro atoms. The number of anilines is 6. The summed E-state index contributed by atoms with van der Waals surface area (Å²) in [7, 11) is 0. The van der Waals surface area contributed by atoms with Crippen molar-refractivity contribution in [3.63, 3.8) is 0 Å². The van der Waals surface area contributed by atoms with Crippen molar-refractivity contribution in [2.24, 2.45) is 0 Å². The lowest BCUT2D eigenvalue weighted by molar-refractivity contribution is 0.590. The summed E-state index contributed by atoms with van der Waals surface area (Å²) in [5, 5.41) is 3.21. The molecule has 0 aliphatic carbocycles. The second kappa shape index (κ2) is 26.1. The molecule has 23 rings (SSSR count). The number of fused-ring (bicyclic) bond motifs is 16. The lowest BCUT2D eigenvalue weighted by Gasteiger charge is -2.45. The van der Waals surface area contributed by atoms with Crippen molar-refractivity contribution in [2.75, 3.05) is 9.80 Å². The number of aromatic nitrogens is 3. The molecule has 0 fully saturated rings. The molecule has 0 radical (unpaired) electrons. The van der Waals surface area contributed by atoms with Gasteiger partial charge in [0.25, 0.3) is 6.71 Å². The average Bonchev–Trinajstić information content (AvgIpc) is 1.66. The maximum Gasteiger partial charge on any atom is 0.252 e. The second-order valence-electron chi connectivity index (χ2n) is 32.8. The van der Waals surface area contributed by atoms with E-state index in [1.165, 1.54) is 4.57 Å². The van der Waals surface area contributed by atoms with Crippen LogP contribution in [-0.2, 0) is 10.8 Å². The van der Waals surface area contributed by atoms with Crippen LogP contribution in [0.3, 0.4) is 0 Å². The predicted molar refractivity (Wildman–Crippen MR) is 495 cm³/mol. The molecule has 0 saturated heterocycles. The Morgan fingerprint density at radius 3 is 1.15 bits per heavy atom. The molecular weight excluding hydrogens is 1420 g/mol. The van der Waals surface area contributed by atoms with Gasteiger partial charge < -0.3 is 27.9 Å². The van der Waals surface area contributed by atoms with Crippen molar-refractivity contribution in [2.45, 2.75) is 52.4 Å². The number of hydrogen-bond acceptors (Lipinski definition) is 3. The number of nitrogens with zero attached hydrogens (tertiary/aromatic N) is 5. The molecule has 0 N–H and O–H groups in total. The number of rotatable bonds is 10. The van der Waals surface area contributed by atoms with Gasteiger partial charge in [-0.3, -0.25) is 0 Å². The van der Waals surface area contributed by atoms with Gasteiger partial charge in [-0.25, -0.2) is 0 Å². The van der Waals surface area contributed by atoms with E-state index in [4.69, 9.17) is 7.16 Å². The highest BCUT2D eigenvalue weighted by Crippen LogP contribution is 2.53. The first-order valence-electron chi connectivity index (χ1n) is 47.6. The van der Waals surface area contributed by atoms with Crippen molar-refractivity contribution in [3.05, 3.63) is 387 Å². The van der Waals surface area contributed by atoms with Gasteiger partial charge in [0, 0.05) is 88.3 Å². The van der Waals surface area contributed by atoms with Crippen LogP contribution in [0.5, 0.6) is 0 Å². The molecule has 4 aromatic heterocycles. The Labute approximate surface area is 702 Å². The second-order valence-corrected chi connectivity index (χ2v) is 32.8. The summed E-state index contributed by atoms with van der Waals surface area (Å²) in [5.74, 6) is 0. The molecular formula is C110H80BN5O. The van der Waals surface area contributed by atoms with Gasteiger partial charge in [0.15, 0.2) is 5.58 Å². The summed E-state index contributed by atoms with van der Waals surface area (Å²) >= 11 is 0. The minimum Gasteiger partial charge on any atom is -0.453 e. The molecule has 0 unspecified atom stereocenters. The Kier molecular flexibility index (Phi) is 11.9. The molecule has 117 heavy (non-hydrogen) atoms. The standard InChI is InChI=1S/C110H80BN5O/c1-109(2,3)77-50-57-99-90(63-77)91-64-78(110(4,5)6)51-58-100(91)113(99)80-53-55-93-103(66-80)116(101-48-28-43-88-87-42-27-41-82(107(87)117-108(88)101)76-60-74(70-31-13-8-14-32-70)59-75(61-76)71-33-15-9-16-34-71)105-68-81(114-96-46-25-21-39-85(96)86-40-22-26-47-97(86)114)67-104-106(105)111(93)92-54-52-79(112-94-44-23-19-37-83(94)84-38-20-24-45-95(84)112)65-102(92)115(104)98-56-49-73(69-29-11-7-12-30-69)62-89(98)72-35-17-10-18-36-72/h7-68H,1-6H3/i19D,20D,21D,22D,23D,24D,25D,26D,37D,38D,39D,40D,44D,45D,46D,47D. The maximum atomic E-state index is 10.3. The third kappa shape index (κ3) is 10.7. The molecule has 6 nitrogen and oxygen atoms in total. The van der Waals surface area contributed by atoms with E-state index in [1.807, 2.05) is 152 Å². The zero-order chi connectivity index (χ0) is 92.0. The fourth-order valence-electron chi connectivity index (χ4n) is 18.4. The first-order chi connectivity index (χ1) is 63.9. The molecule has 7 heteroatoms. The molecule has 2 aliphatic rings. The summed E-state index contributed by atoms with van der Waals surface area (Å²) in [6.45, 7) is 12.5. The summed E-state index contributed by atoms with van der Waals surface area (Å²) in [5.41, 5.74) is 20.1. The summed E-state index contributed by atoms with van der Waals surface area (Å²) in [4.78, 5) is 4.35. The van der Waals surface area contributed by atoms with Gasteiger partial charge in [0.05, 0.1) is 72.1 Å². The molecule has 2 aliphatic heterocycles. The molecule has 0 amide bonds. The van der Waals surface area contributed by atoms with Crippen molar-refractivity contribution in [3.8, 4) is 72.7 Å². The van der Waals surface area contributed by atoms with Crippen LogP contribution in [-0.4, -0.2) is 20.4 Å². The van der Waals surface area contributed by atoms with Crippen molar-refractivity contribution in [1.29, 1.82) is 0 Å². The highest BCUT2D eigenvalue weighted by atomic mass is 16.3. The van der Waals surface area contributed by atoms with Gasteiger partial charge in [-0.1, -0.05) is 296 Å². The fraction of sp³-hybridized carbons (Fsp3) is 0.0727. The van der Waals surface area contributed by atoms with E-state index >= 15 is 0 Å². The van der Waals surface area contributed by atoms with E-state index in [1.54, 1.807) is 4.57 Å². The third-order valence-corrected chi connectivity index (χ3v) is 24.0. The number of furan rings is 1. The van der Waals surface area contributed by atoms with E-state index in [9.17, 15) is 19.2 Å². The van der Waals surface area contributed by atoms with E-state index in [-0.39, 0.29) is 65.8 Å². The van der Waals surface area contributed by atoms with E-state index in [2.05, 4.69) is 183 Å². The third-order valence-electron chi connectivity index (χ3n) is 24.0. The van der Waals surface area contributed by atoms with Crippen LogP contribution in [0.15, 0.2) is 380 Å². The lowest BCUT2D eigenvalue weighted by atomic mass is 9.33. The topological polar surface area (TPSA) is 34.4 Å². The van der Waals surface area contributed by atoms with E-state index in [0.717, 1.165) is 110 Å².